The number of Topliss-reactive ketones (excluding diaryl/α,β-unsaturated/α-hetero) is 1. The predicted octanol–water partition coefficient (Wildman–Crippen LogP) is 4.23. The monoisotopic (exact) mass is 353 g/mol. The minimum Gasteiger partial charge on any atom is -0.483 e. The van der Waals surface area contributed by atoms with Crippen molar-refractivity contribution < 1.29 is 23.1 Å². The summed E-state index contributed by atoms with van der Waals surface area (Å²) in [5.41, 5.74) is -0.304. The maximum atomic E-state index is 13.5. The van der Waals surface area contributed by atoms with E-state index in [0.717, 1.165) is 12.1 Å². The summed E-state index contributed by atoms with van der Waals surface area (Å²) >= 11 is 5.85. The average molecular weight is 354 g/mol. The molecular formula is C17H14ClF2NO3. The Bertz CT molecular complexity index is 760. The molecule has 0 saturated heterocycles. The Morgan fingerprint density at radius 3 is 2.46 bits per heavy atom. The lowest BCUT2D eigenvalue weighted by Gasteiger charge is -2.11. The summed E-state index contributed by atoms with van der Waals surface area (Å²) < 4.78 is 32.3. The fraction of sp³-hybridized carbons (Fsp3) is 0.176. The van der Waals surface area contributed by atoms with Crippen LogP contribution >= 0.6 is 11.6 Å². The van der Waals surface area contributed by atoms with Crippen LogP contribution < -0.4 is 10.1 Å². The van der Waals surface area contributed by atoms with Crippen LogP contribution in [0.5, 0.6) is 5.75 Å². The Balaban J connectivity index is 2.08. The predicted molar refractivity (Wildman–Crippen MR) is 86.6 cm³/mol. The number of hydrogen-bond donors (Lipinski definition) is 1. The van der Waals surface area contributed by atoms with Crippen LogP contribution in [0.1, 0.15) is 23.7 Å². The van der Waals surface area contributed by atoms with Gasteiger partial charge in [0.25, 0.3) is 5.91 Å². The molecule has 2 rings (SSSR count). The molecule has 0 unspecified atom stereocenters. The molecule has 0 bridgehead atoms. The number of carbonyl (C=O) groups is 2. The summed E-state index contributed by atoms with van der Waals surface area (Å²) in [4.78, 5) is 23.7. The zero-order chi connectivity index (χ0) is 17.7. The topological polar surface area (TPSA) is 55.4 Å². The third kappa shape index (κ3) is 4.29. The van der Waals surface area contributed by atoms with Crippen LogP contribution in [-0.4, -0.2) is 18.3 Å². The van der Waals surface area contributed by atoms with Crippen LogP contribution in [0.4, 0.5) is 14.5 Å². The standard InChI is InChI=1S/C17H14ClF2NO3/c1-2-14(22)11-8-10(18)6-7-15(11)24-9-16(23)21-17-12(19)4-3-5-13(17)20/h3-8H,2,9H2,1H3,(H,21,23). The van der Waals surface area contributed by atoms with E-state index in [1.165, 1.54) is 24.3 Å². The van der Waals surface area contributed by atoms with E-state index in [1.54, 1.807) is 6.92 Å². The minimum atomic E-state index is -0.892. The van der Waals surface area contributed by atoms with Crippen LogP contribution in [0.3, 0.4) is 0 Å². The zero-order valence-electron chi connectivity index (χ0n) is 12.7. The third-order valence-corrected chi connectivity index (χ3v) is 3.38. The maximum absolute atomic E-state index is 13.5. The molecule has 1 amide bonds. The molecule has 0 radical (unpaired) electrons. The zero-order valence-corrected chi connectivity index (χ0v) is 13.5. The van der Waals surface area contributed by atoms with Crippen molar-refractivity contribution in [2.75, 3.05) is 11.9 Å². The van der Waals surface area contributed by atoms with Gasteiger partial charge in [-0.05, 0) is 30.3 Å². The number of anilines is 1. The van der Waals surface area contributed by atoms with Gasteiger partial charge < -0.3 is 10.1 Å². The first-order valence-corrected chi connectivity index (χ1v) is 7.49. The van der Waals surface area contributed by atoms with Crippen molar-refractivity contribution in [2.24, 2.45) is 0 Å². The number of ether oxygens (including phenoxy) is 1. The lowest BCUT2D eigenvalue weighted by atomic mass is 10.1. The first kappa shape index (κ1) is 17.9. The number of nitrogens with one attached hydrogen (secondary N) is 1. The first-order chi connectivity index (χ1) is 11.4. The molecule has 1 N–H and O–H groups in total. The molecule has 0 saturated carbocycles. The summed E-state index contributed by atoms with van der Waals surface area (Å²) in [6.07, 6.45) is 0.239. The molecule has 7 heteroatoms. The minimum absolute atomic E-state index is 0.176. The summed E-state index contributed by atoms with van der Waals surface area (Å²) in [7, 11) is 0. The Morgan fingerprint density at radius 2 is 1.83 bits per heavy atom. The molecule has 0 atom stereocenters. The quantitative estimate of drug-likeness (QED) is 0.791. The largest absolute Gasteiger partial charge is 0.483 e. The molecule has 2 aromatic carbocycles. The highest BCUT2D eigenvalue weighted by Gasteiger charge is 2.15. The smallest absolute Gasteiger partial charge is 0.262 e. The van der Waals surface area contributed by atoms with Crippen molar-refractivity contribution in [2.45, 2.75) is 13.3 Å². The number of hydrogen-bond acceptors (Lipinski definition) is 3. The summed E-state index contributed by atoms with van der Waals surface area (Å²) in [6.45, 7) is 1.17. The van der Waals surface area contributed by atoms with Gasteiger partial charge in [-0.15, -0.1) is 0 Å². The second-order valence-corrected chi connectivity index (χ2v) is 5.29. The Hall–Kier alpha value is -2.47. The highest BCUT2D eigenvalue weighted by Crippen LogP contribution is 2.24. The summed E-state index contributed by atoms with van der Waals surface area (Å²) in [5.74, 6) is -2.57. The van der Waals surface area contributed by atoms with Crippen molar-refractivity contribution in [3.8, 4) is 5.75 Å². The molecule has 0 fully saturated rings. The number of ketones is 1. The van der Waals surface area contributed by atoms with Crippen molar-refractivity contribution in [1.82, 2.24) is 0 Å². The highest BCUT2D eigenvalue weighted by molar-refractivity contribution is 6.31. The molecule has 0 spiro atoms. The van der Waals surface area contributed by atoms with Crippen molar-refractivity contribution in [1.29, 1.82) is 0 Å². The molecular weight excluding hydrogens is 340 g/mol. The molecule has 126 valence electrons. The molecule has 24 heavy (non-hydrogen) atoms. The number of rotatable bonds is 6. The van der Waals surface area contributed by atoms with Gasteiger partial charge in [0, 0.05) is 11.4 Å². The fourth-order valence-electron chi connectivity index (χ4n) is 1.97. The van der Waals surface area contributed by atoms with Gasteiger partial charge in [-0.2, -0.15) is 0 Å². The average Bonchev–Trinajstić information content (AvgIpc) is 2.56. The molecule has 4 nitrogen and oxygen atoms in total. The van der Waals surface area contributed by atoms with Gasteiger partial charge >= 0.3 is 0 Å². The summed E-state index contributed by atoms with van der Waals surface area (Å²) in [5, 5.41) is 2.46. The van der Waals surface area contributed by atoms with Gasteiger partial charge in [0.2, 0.25) is 0 Å². The van der Waals surface area contributed by atoms with Gasteiger partial charge in [0.05, 0.1) is 5.56 Å². The van der Waals surface area contributed by atoms with Gasteiger partial charge in [-0.25, -0.2) is 8.78 Å². The number of para-hydroxylation sites is 1. The van der Waals surface area contributed by atoms with E-state index in [2.05, 4.69) is 5.32 Å². The maximum Gasteiger partial charge on any atom is 0.262 e. The molecule has 0 aliphatic rings. The van der Waals surface area contributed by atoms with Crippen molar-refractivity contribution in [3.63, 3.8) is 0 Å². The second-order valence-electron chi connectivity index (χ2n) is 4.85. The van der Waals surface area contributed by atoms with E-state index < -0.39 is 29.8 Å². The third-order valence-electron chi connectivity index (χ3n) is 3.15. The number of benzene rings is 2. The van der Waals surface area contributed by atoms with E-state index in [4.69, 9.17) is 16.3 Å². The van der Waals surface area contributed by atoms with E-state index in [0.29, 0.717) is 5.02 Å². The normalized spacial score (nSPS) is 10.3. The van der Waals surface area contributed by atoms with Gasteiger partial charge in [-0.3, -0.25) is 9.59 Å². The molecule has 0 aromatic heterocycles. The number of amides is 1. The van der Waals surface area contributed by atoms with Crippen molar-refractivity contribution in [3.05, 3.63) is 58.6 Å². The van der Waals surface area contributed by atoms with Crippen LogP contribution in [0.15, 0.2) is 36.4 Å². The van der Waals surface area contributed by atoms with E-state index >= 15 is 0 Å². The van der Waals surface area contributed by atoms with Gasteiger partial charge in [-0.1, -0.05) is 24.6 Å². The van der Waals surface area contributed by atoms with E-state index in [1.807, 2.05) is 0 Å². The lowest BCUT2D eigenvalue weighted by molar-refractivity contribution is -0.118. The van der Waals surface area contributed by atoms with Crippen LogP contribution in [0.2, 0.25) is 5.02 Å². The highest BCUT2D eigenvalue weighted by atomic mass is 35.5. The van der Waals surface area contributed by atoms with Crippen LogP contribution in [-0.2, 0) is 4.79 Å². The fourth-order valence-corrected chi connectivity index (χ4v) is 2.14. The van der Waals surface area contributed by atoms with Crippen LogP contribution in [0.25, 0.3) is 0 Å². The second kappa shape index (κ2) is 7.88. The van der Waals surface area contributed by atoms with Crippen molar-refractivity contribution >= 4 is 29.0 Å². The lowest BCUT2D eigenvalue weighted by Crippen LogP contribution is -2.22. The molecule has 2 aromatic rings. The number of halogens is 3. The van der Waals surface area contributed by atoms with E-state index in [9.17, 15) is 18.4 Å². The van der Waals surface area contributed by atoms with Gasteiger partial charge in [0.15, 0.2) is 12.4 Å². The molecule has 0 heterocycles. The SMILES string of the molecule is CCC(=O)c1cc(Cl)ccc1OCC(=O)Nc1c(F)cccc1F. The van der Waals surface area contributed by atoms with Gasteiger partial charge in [0.1, 0.15) is 23.1 Å². The summed E-state index contributed by atoms with van der Waals surface area (Å²) in [6, 6.07) is 7.65. The van der Waals surface area contributed by atoms with Crippen LogP contribution in [0, 0.1) is 11.6 Å². The molecule has 0 aliphatic carbocycles. The Labute approximate surface area is 142 Å². The molecule has 0 aliphatic heterocycles. The Morgan fingerprint density at radius 1 is 1.17 bits per heavy atom. The Kier molecular flexibility index (Phi) is 5.87. The number of carbonyl (C=O) groups excluding carboxylic acids is 2. The van der Waals surface area contributed by atoms with E-state index in [-0.39, 0.29) is 23.5 Å². The first-order valence-electron chi connectivity index (χ1n) is 7.11.